The Morgan fingerprint density at radius 1 is 0.923 bits per heavy atom. The lowest BCUT2D eigenvalue weighted by atomic mass is 9.91. The van der Waals surface area contributed by atoms with Crippen molar-refractivity contribution in [3.8, 4) is 5.75 Å². The number of anilines is 1. The number of carbonyl (C=O) groups is 3. The van der Waals surface area contributed by atoms with Gasteiger partial charge in [-0.2, -0.15) is 0 Å². The molecule has 0 saturated carbocycles. The molecule has 3 aromatic carbocycles. The van der Waals surface area contributed by atoms with E-state index in [-0.39, 0.29) is 16.7 Å². The number of ether oxygens (including phenoxy) is 1. The van der Waals surface area contributed by atoms with Crippen LogP contribution in [0, 0.1) is 0 Å². The molecule has 0 saturated heterocycles. The van der Waals surface area contributed by atoms with Gasteiger partial charge in [0, 0.05) is 22.1 Å². The van der Waals surface area contributed by atoms with Crippen molar-refractivity contribution in [3.63, 3.8) is 0 Å². The minimum Gasteiger partial charge on any atom is -0.545 e. The first-order chi connectivity index (χ1) is 12.5. The first-order valence-electron chi connectivity index (χ1n) is 7.83. The van der Waals surface area contributed by atoms with E-state index in [9.17, 15) is 19.5 Å². The van der Waals surface area contributed by atoms with Gasteiger partial charge in [-0.1, -0.05) is 18.2 Å². The molecule has 6 heteroatoms. The van der Waals surface area contributed by atoms with Crippen molar-refractivity contribution in [2.24, 2.45) is 0 Å². The second kappa shape index (κ2) is 5.70. The van der Waals surface area contributed by atoms with Crippen LogP contribution in [0.15, 0.2) is 54.6 Å². The van der Waals surface area contributed by atoms with Gasteiger partial charge in [0.25, 0.3) is 11.8 Å². The highest BCUT2D eigenvalue weighted by atomic mass is 16.5. The standard InChI is InChI=1S/C20H13NO5/c1-26-12-7-5-11(6-8-12)21-18(22)15-4-2-3-13-14(20(24)25)9-10-16(17(13)15)19(21)23/h2-10H,1H3,(H,24,25)/p-1. The molecule has 4 rings (SSSR count). The number of imide groups is 1. The second-order valence-corrected chi connectivity index (χ2v) is 5.82. The SMILES string of the molecule is COc1ccc(N2C(=O)c3cccc4c(C(=O)[O-])ccc(c34)C2=O)cc1. The fraction of sp³-hybridized carbons (Fsp3) is 0.0500. The number of aromatic carboxylic acids is 1. The average Bonchev–Trinajstić information content (AvgIpc) is 2.66. The summed E-state index contributed by atoms with van der Waals surface area (Å²) in [7, 11) is 1.53. The van der Waals surface area contributed by atoms with Crippen molar-refractivity contribution >= 4 is 34.2 Å². The Balaban J connectivity index is 1.94. The number of hydrogen-bond donors (Lipinski definition) is 0. The molecular weight excluding hydrogens is 334 g/mol. The normalized spacial score (nSPS) is 13.2. The molecule has 0 aliphatic carbocycles. The van der Waals surface area contributed by atoms with Crippen molar-refractivity contribution < 1.29 is 24.2 Å². The zero-order chi connectivity index (χ0) is 18.4. The number of amides is 2. The lowest BCUT2D eigenvalue weighted by molar-refractivity contribution is -0.254. The van der Waals surface area contributed by atoms with Gasteiger partial charge in [0.05, 0.1) is 18.8 Å². The molecular formula is C20H12NO5-. The van der Waals surface area contributed by atoms with Gasteiger partial charge in [-0.25, -0.2) is 4.90 Å². The van der Waals surface area contributed by atoms with Gasteiger partial charge in [0.1, 0.15) is 5.75 Å². The summed E-state index contributed by atoms with van der Waals surface area (Å²) in [5.41, 5.74) is 0.906. The fourth-order valence-electron chi connectivity index (χ4n) is 3.24. The summed E-state index contributed by atoms with van der Waals surface area (Å²) in [5, 5.41) is 12.0. The summed E-state index contributed by atoms with van der Waals surface area (Å²) in [4.78, 5) is 38.3. The van der Waals surface area contributed by atoms with Crippen molar-refractivity contribution in [1.82, 2.24) is 0 Å². The van der Waals surface area contributed by atoms with Crippen LogP contribution in [-0.4, -0.2) is 24.9 Å². The van der Waals surface area contributed by atoms with Gasteiger partial charge in [-0.3, -0.25) is 9.59 Å². The van der Waals surface area contributed by atoms with Gasteiger partial charge in [0.15, 0.2) is 0 Å². The third kappa shape index (κ3) is 2.16. The van der Waals surface area contributed by atoms with Crippen molar-refractivity contribution in [2.75, 3.05) is 12.0 Å². The molecule has 0 radical (unpaired) electrons. The third-order valence-electron chi connectivity index (χ3n) is 4.46. The van der Waals surface area contributed by atoms with Gasteiger partial charge >= 0.3 is 0 Å². The Kier molecular flexibility index (Phi) is 3.47. The molecule has 0 bridgehead atoms. The van der Waals surface area contributed by atoms with E-state index in [0.29, 0.717) is 22.2 Å². The summed E-state index contributed by atoms with van der Waals surface area (Å²) in [5.74, 6) is -1.76. The lowest BCUT2D eigenvalue weighted by Crippen LogP contribution is -2.40. The van der Waals surface area contributed by atoms with E-state index in [2.05, 4.69) is 0 Å². The number of rotatable bonds is 3. The minimum atomic E-state index is -1.36. The monoisotopic (exact) mass is 346 g/mol. The van der Waals surface area contributed by atoms with E-state index in [0.717, 1.165) is 4.90 Å². The summed E-state index contributed by atoms with van der Waals surface area (Å²) >= 11 is 0. The molecule has 6 nitrogen and oxygen atoms in total. The number of nitrogens with zero attached hydrogens (tertiary/aromatic N) is 1. The zero-order valence-corrected chi connectivity index (χ0v) is 13.7. The first-order valence-corrected chi connectivity index (χ1v) is 7.83. The van der Waals surface area contributed by atoms with Crippen molar-refractivity contribution in [1.29, 1.82) is 0 Å². The van der Waals surface area contributed by atoms with E-state index in [1.807, 2.05) is 0 Å². The molecule has 26 heavy (non-hydrogen) atoms. The topological polar surface area (TPSA) is 86.7 Å². The van der Waals surface area contributed by atoms with Crippen molar-refractivity contribution in [3.05, 3.63) is 71.3 Å². The molecule has 0 atom stereocenters. The quantitative estimate of drug-likeness (QED) is 0.677. The first kappa shape index (κ1) is 15.8. The highest BCUT2D eigenvalue weighted by Gasteiger charge is 2.34. The fourth-order valence-corrected chi connectivity index (χ4v) is 3.24. The van der Waals surface area contributed by atoms with E-state index in [1.165, 1.54) is 19.2 Å². The molecule has 0 N–H and O–H groups in total. The summed E-state index contributed by atoms with van der Waals surface area (Å²) in [6.45, 7) is 0. The average molecular weight is 346 g/mol. The number of methoxy groups -OCH3 is 1. The number of carboxylic acids is 1. The molecule has 128 valence electrons. The number of hydrogen-bond acceptors (Lipinski definition) is 5. The molecule has 0 unspecified atom stereocenters. The Morgan fingerprint density at radius 2 is 1.58 bits per heavy atom. The van der Waals surface area contributed by atoms with Gasteiger partial charge in [-0.15, -0.1) is 0 Å². The van der Waals surface area contributed by atoms with Crippen molar-refractivity contribution in [2.45, 2.75) is 0 Å². The van der Waals surface area contributed by atoms with Gasteiger partial charge in [0.2, 0.25) is 0 Å². The Hall–Kier alpha value is -3.67. The maximum atomic E-state index is 13.0. The predicted octanol–water partition coefficient (Wildman–Crippen LogP) is 2.01. The molecule has 1 aliphatic heterocycles. The van der Waals surface area contributed by atoms with Crippen LogP contribution in [0.3, 0.4) is 0 Å². The molecule has 1 heterocycles. The number of carbonyl (C=O) groups excluding carboxylic acids is 3. The predicted molar refractivity (Wildman–Crippen MR) is 92.4 cm³/mol. The lowest BCUT2D eigenvalue weighted by Gasteiger charge is -2.28. The van der Waals surface area contributed by atoms with Crippen LogP contribution in [0.25, 0.3) is 10.8 Å². The molecule has 0 spiro atoms. The van der Waals surface area contributed by atoms with Gasteiger partial charge in [-0.05, 0) is 41.8 Å². The molecule has 0 fully saturated rings. The minimum absolute atomic E-state index is 0.0518. The second-order valence-electron chi connectivity index (χ2n) is 5.82. The van der Waals surface area contributed by atoms with E-state index < -0.39 is 17.8 Å². The smallest absolute Gasteiger partial charge is 0.265 e. The van der Waals surface area contributed by atoms with Crippen LogP contribution in [0.5, 0.6) is 5.75 Å². The maximum absolute atomic E-state index is 13.0. The van der Waals surface area contributed by atoms with Gasteiger partial charge < -0.3 is 14.6 Å². The molecule has 2 amide bonds. The van der Waals surface area contributed by atoms with Crippen LogP contribution in [0.1, 0.15) is 31.1 Å². The summed E-state index contributed by atoms with van der Waals surface area (Å²) in [6, 6.07) is 14.0. The number of carboxylic acid groups (broad SMARTS) is 1. The van der Waals surface area contributed by atoms with Crippen LogP contribution >= 0.6 is 0 Å². The van der Waals surface area contributed by atoms with E-state index in [4.69, 9.17) is 4.74 Å². The third-order valence-corrected chi connectivity index (χ3v) is 4.46. The highest BCUT2D eigenvalue weighted by Crippen LogP contribution is 2.34. The van der Waals surface area contributed by atoms with E-state index >= 15 is 0 Å². The highest BCUT2D eigenvalue weighted by molar-refractivity contribution is 6.36. The largest absolute Gasteiger partial charge is 0.545 e. The molecule has 1 aliphatic rings. The Labute approximate surface area is 148 Å². The Bertz CT molecular complexity index is 1060. The van der Waals surface area contributed by atoms with Crippen LogP contribution < -0.4 is 14.7 Å². The summed E-state index contributed by atoms with van der Waals surface area (Å²) in [6.07, 6.45) is 0. The molecule has 0 aromatic heterocycles. The molecule has 3 aromatic rings. The number of benzene rings is 3. The Morgan fingerprint density at radius 3 is 2.19 bits per heavy atom. The zero-order valence-electron chi connectivity index (χ0n) is 13.7. The maximum Gasteiger partial charge on any atom is 0.265 e. The van der Waals surface area contributed by atoms with Crippen LogP contribution in [0.2, 0.25) is 0 Å². The van der Waals surface area contributed by atoms with Crippen LogP contribution in [-0.2, 0) is 0 Å². The summed E-state index contributed by atoms with van der Waals surface area (Å²) < 4.78 is 5.10. The van der Waals surface area contributed by atoms with E-state index in [1.54, 1.807) is 42.5 Å². The van der Waals surface area contributed by atoms with Crippen LogP contribution in [0.4, 0.5) is 5.69 Å².